The first kappa shape index (κ1) is 17.4. The predicted octanol–water partition coefficient (Wildman–Crippen LogP) is 1.67. The lowest BCUT2D eigenvalue weighted by atomic mass is 9.95. The Hall–Kier alpha value is -1.59. The van der Waals surface area contributed by atoms with Crippen LogP contribution in [-0.4, -0.2) is 36.6 Å². The number of nitrogens with one attached hydrogen (secondary N) is 1. The zero-order valence-electron chi connectivity index (χ0n) is 12.4. The third-order valence-corrected chi connectivity index (χ3v) is 2.55. The van der Waals surface area contributed by atoms with E-state index in [-0.39, 0.29) is 5.92 Å². The average Bonchev–Trinajstić information content (AvgIpc) is 2.30. The molecule has 0 saturated heterocycles. The summed E-state index contributed by atoms with van der Waals surface area (Å²) in [5.74, 6) is -1.94. The fourth-order valence-corrected chi connectivity index (χ4v) is 1.36. The molecule has 0 bridgehead atoms. The molecule has 2 atom stereocenters. The average molecular weight is 273 g/mol. The Labute approximate surface area is 113 Å². The summed E-state index contributed by atoms with van der Waals surface area (Å²) in [6.45, 7) is 8.77. The predicted molar refractivity (Wildman–Crippen MR) is 69.6 cm³/mol. The maximum Gasteiger partial charge on any atom is 0.408 e. The van der Waals surface area contributed by atoms with Gasteiger partial charge >= 0.3 is 12.1 Å². The van der Waals surface area contributed by atoms with Gasteiger partial charge in [-0.3, -0.25) is 4.79 Å². The number of carbonyl (C=O) groups is 3. The minimum absolute atomic E-state index is 0.195. The van der Waals surface area contributed by atoms with E-state index >= 15 is 0 Å². The fraction of sp³-hybridized carbons (Fsp3) is 0.769. The minimum Gasteiger partial charge on any atom is -0.463 e. The van der Waals surface area contributed by atoms with Gasteiger partial charge in [-0.05, 0) is 26.7 Å². The summed E-state index contributed by atoms with van der Waals surface area (Å²) < 4.78 is 9.46. The van der Waals surface area contributed by atoms with Gasteiger partial charge in [0, 0.05) is 0 Å². The number of hydrogen-bond acceptors (Lipinski definition) is 5. The fourth-order valence-electron chi connectivity index (χ4n) is 1.36. The van der Waals surface area contributed by atoms with Crippen LogP contribution in [-0.2, 0) is 19.1 Å². The molecule has 6 heteroatoms. The van der Waals surface area contributed by atoms with Crippen molar-refractivity contribution in [3.63, 3.8) is 0 Å². The molecule has 0 aromatic rings. The molecule has 0 aliphatic heterocycles. The second-order valence-electron chi connectivity index (χ2n) is 5.37. The van der Waals surface area contributed by atoms with E-state index in [0.29, 0.717) is 6.42 Å². The third-order valence-electron chi connectivity index (χ3n) is 2.55. The highest BCUT2D eigenvalue weighted by Gasteiger charge is 2.32. The first-order valence-corrected chi connectivity index (χ1v) is 6.24. The Bertz CT molecular complexity index is 345. The van der Waals surface area contributed by atoms with Crippen LogP contribution in [0.5, 0.6) is 0 Å². The first-order chi connectivity index (χ1) is 8.62. The van der Waals surface area contributed by atoms with Crippen LogP contribution in [0.4, 0.5) is 4.79 Å². The Morgan fingerprint density at radius 1 is 1.21 bits per heavy atom. The van der Waals surface area contributed by atoms with Crippen molar-refractivity contribution in [2.75, 3.05) is 7.11 Å². The molecule has 0 aliphatic carbocycles. The zero-order valence-corrected chi connectivity index (χ0v) is 12.4. The van der Waals surface area contributed by atoms with Crippen LogP contribution < -0.4 is 5.32 Å². The third kappa shape index (κ3) is 6.22. The molecule has 1 N–H and O–H groups in total. The molecule has 0 spiro atoms. The van der Waals surface area contributed by atoms with Crippen LogP contribution in [0, 0.1) is 5.92 Å². The Balaban J connectivity index is 4.84. The number of ketones is 1. The number of hydrogen-bond donors (Lipinski definition) is 1. The van der Waals surface area contributed by atoms with Crippen molar-refractivity contribution in [1.82, 2.24) is 5.32 Å². The molecule has 1 unspecified atom stereocenters. The smallest absolute Gasteiger partial charge is 0.408 e. The van der Waals surface area contributed by atoms with Crippen LogP contribution in [0.1, 0.15) is 41.0 Å². The van der Waals surface area contributed by atoms with Gasteiger partial charge in [-0.25, -0.2) is 9.59 Å². The van der Waals surface area contributed by atoms with Crippen LogP contribution in [0.3, 0.4) is 0 Å². The molecule has 1 amide bonds. The number of rotatable bonds is 5. The highest BCUT2D eigenvalue weighted by molar-refractivity contribution is 6.36. The van der Waals surface area contributed by atoms with E-state index in [1.807, 2.05) is 6.92 Å². The van der Waals surface area contributed by atoms with Crippen molar-refractivity contribution >= 4 is 17.8 Å². The van der Waals surface area contributed by atoms with Crippen molar-refractivity contribution in [3.8, 4) is 0 Å². The molecular formula is C13H23NO5. The number of ether oxygens (including phenoxy) is 2. The summed E-state index contributed by atoms with van der Waals surface area (Å²) >= 11 is 0. The van der Waals surface area contributed by atoms with Crippen LogP contribution in [0.15, 0.2) is 0 Å². The molecule has 0 aliphatic rings. The second kappa shape index (κ2) is 7.11. The number of Topliss-reactive ketones (excluding diaryl/α,β-unsaturated/α-hetero) is 1. The van der Waals surface area contributed by atoms with Gasteiger partial charge in [-0.2, -0.15) is 0 Å². The van der Waals surface area contributed by atoms with Crippen molar-refractivity contribution in [2.24, 2.45) is 5.92 Å². The quantitative estimate of drug-likeness (QED) is 0.608. The summed E-state index contributed by atoms with van der Waals surface area (Å²) in [5, 5.41) is 2.43. The molecule has 0 saturated carbocycles. The molecule has 0 radical (unpaired) electrons. The lowest BCUT2D eigenvalue weighted by molar-refractivity contribution is -0.153. The summed E-state index contributed by atoms with van der Waals surface area (Å²) in [4.78, 5) is 34.8. The Kier molecular flexibility index (Phi) is 6.52. The maximum atomic E-state index is 11.8. The molecule has 0 aromatic heterocycles. The van der Waals surface area contributed by atoms with E-state index < -0.39 is 29.5 Å². The standard InChI is InChI=1S/C13H23NO5/c1-7-8(2)9(10(15)11(16)18-6)14-12(17)19-13(3,4)5/h8-9H,7H2,1-6H3,(H,14,17)/t8?,9-/m0/s1. The van der Waals surface area contributed by atoms with E-state index in [0.717, 1.165) is 7.11 Å². The van der Waals surface area contributed by atoms with Gasteiger partial charge in [0.2, 0.25) is 0 Å². The zero-order chi connectivity index (χ0) is 15.2. The number of esters is 1. The topological polar surface area (TPSA) is 81.7 Å². The van der Waals surface area contributed by atoms with Gasteiger partial charge in [0.15, 0.2) is 0 Å². The summed E-state index contributed by atoms with van der Waals surface area (Å²) in [6, 6.07) is -0.938. The molecule has 19 heavy (non-hydrogen) atoms. The van der Waals surface area contributed by atoms with Crippen molar-refractivity contribution in [3.05, 3.63) is 0 Å². The van der Waals surface area contributed by atoms with Gasteiger partial charge in [-0.1, -0.05) is 20.3 Å². The molecule has 0 fully saturated rings. The van der Waals surface area contributed by atoms with Crippen LogP contribution in [0.2, 0.25) is 0 Å². The molecule has 110 valence electrons. The van der Waals surface area contributed by atoms with Crippen molar-refractivity contribution in [1.29, 1.82) is 0 Å². The van der Waals surface area contributed by atoms with Gasteiger partial charge in [0.1, 0.15) is 11.6 Å². The Morgan fingerprint density at radius 2 is 1.74 bits per heavy atom. The van der Waals surface area contributed by atoms with Gasteiger partial charge in [0.25, 0.3) is 5.78 Å². The van der Waals surface area contributed by atoms with Crippen LogP contribution in [0.25, 0.3) is 0 Å². The lowest BCUT2D eigenvalue weighted by Crippen LogP contribution is -2.49. The summed E-state index contributed by atoms with van der Waals surface area (Å²) in [6.07, 6.45) is -0.0986. The molecule has 0 rings (SSSR count). The summed E-state index contributed by atoms with van der Waals surface area (Å²) in [5.41, 5.74) is -0.668. The molecule has 0 aromatic carbocycles. The van der Waals surface area contributed by atoms with Crippen LogP contribution >= 0.6 is 0 Å². The van der Waals surface area contributed by atoms with Gasteiger partial charge in [-0.15, -0.1) is 0 Å². The Morgan fingerprint density at radius 3 is 2.11 bits per heavy atom. The van der Waals surface area contributed by atoms with E-state index in [1.165, 1.54) is 0 Å². The SMILES string of the molecule is CCC(C)[C@H](NC(=O)OC(C)(C)C)C(=O)C(=O)OC. The minimum atomic E-state index is -0.971. The monoisotopic (exact) mass is 273 g/mol. The first-order valence-electron chi connectivity index (χ1n) is 6.24. The van der Waals surface area contributed by atoms with E-state index in [4.69, 9.17) is 4.74 Å². The highest BCUT2D eigenvalue weighted by atomic mass is 16.6. The van der Waals surface area contributed by atoms with E-state index in [9.17, 15) is 14.4 Å². The number of alkyl carbamates (subject to hydrolysis) is 1. The maximum absolute atomic E-state index is 11.8. The number of carbonyl (C=O) groups excluding carboxylic acids is 3. The van der Waals surface area contributed by atoms with Crippen molar-refractivity contribution < 1.29 is 23.9 Å². The highest BCUT2D eigenvalue weighted by Crippen LogP contribution is 2.12. The normalized spacial score (nSPS) is 14.2. The van der Waals surface area contributed by atoms with Gasteiger partial charge < -0.3 is 14.8 Å². The second-order valence-corrected chi connectivity index (χ2v) is 5.37. The van der Waals surface area contributed by atoms with Gasteiger partial charge in [0.05, 0.1) is 7.11 Å². The number of amides is 1. The largest absolute Gasteiger partial charge is 0.463 e. The molecule has 0 heterocycles. The summed E-state index contributed by atoms with van der Waals surface area (Å²) in [7, 11) is 1.13. The molecular weight excluding hydrogens is 250 g/mol. The molecule has 6 nitrogen and oxygen atoms in total. The lowest BCUT2D eigenvalue weighted by Gasteiger charge is -2.25. The van der Waals surface area contributed by atoms with Crippen molar-refractivity contribution in [2.45, 2.75) is 52.7 Å². The number of methoxy groups -OCH3 is 1. The van der Waals surface area contributed by atoms with E-state index in [2.05, 4.69) is 10.1 Å². The van der Waals surface area contributed by atoms with E-state index in [1.54, 1.807) is 27.7 Å².